The van der Waals surface area contributed by atoms with Crippen molar-refractivity contribution in [1.82, 2.24) is 19.7 Å². The molecule has 0 bridgehead atoms. The fourth-order valence-corrected chi connectivity index (χ4v) is 4.36. The van der Waals surface area contributed by atoms with E-state index in [1.165, 1.54) is 17.3 Å². The first-order valence-electron chi connectivity index (χ1n) is 11.3. The van der Waals surface area contributed by atoms with Crippen LogP contribution in [0.25, 0.3) is 11.4 Å². The molecule has 0 aliphatic heterocycles. The summed E-state index contributed by atoms with van der Waals surface area (Å²) < 4.78 is 2.05. The van der Waals surface area contributed by atoms with Crippen molar-refractivity contribution >= 4 is 23.4 Å². The smallest absolute Gasteiger partial charge is 0.237 e. The third kappa shape index (κ3) is 5.72. The predicted octanol–water partition coefficient (Wildman–Crippen LogP) is 5.81. The summed E-state index contributed by atoms with van der Waals surface area (Å²) in [5, 5.41) is 12.2. The second-order valence-electron chi connectivity index (χ2n) is 9.19. The third-order valence-corrected chi connectivity index (χ3v) is 6.59. The number of anilines is 1. The number of hydrogen-bond acceptors (Lipinski definition) is 5. The van der Waals surface area contributed by atoms with E-state index in [1.54, 1.807) is 12.4 Å². The monoisotopic (exact) mass is 471 g/mol. The summed E-state index contributed by atoms with van der Waals surface area (Å²) in [5.41, 5.74) is 4.15. The molecule has 2 aromatic carbocycles. The normalized spacial score (nSPS) is 12.4. The van der Waals surface area contributed by atoms with E-state index in [0.717, 1.165) is 22.6 Å². The number of carbonyl (C=O) groups excluding carboxylic acids is 1. The molecule has 0 saturated heterocycles. The number of pyridine rings is 1. The minimum absolute atomic E-state index is 0.0705. The molecule has 4 aromatic rings. The van der Waals surface area contributed by atoms with Gasteiger partial charge in [0, 0.05) is 23.6 Å². The third-order valence-electron chi connectivity index (χ3n) is 5.51. The van der Waals surface area contributed by atoms with Crippen LogP contribution in [0, 0.1) is 0 Å². The lowest BCUT2D eigenvalue weighted by Gasteiger charge is -2.19. The van der Waals surface area contributed by atoms with Gasteiger partial charge in [-0.05, 0) is 47.7 Å². The van der Waals surface area contributed by atoms with Crippen LogP contribution in [0.1, 0.15) is 38.8 Å². The van der Waals surface area contributed by atoms with E-state index < -0.39 is 0 Å². The van der Waals surface area contributed by atoms with E-state index >= 15 is 0 Å². The van der Waals surface area contributed by atoms with Gasteiger partial charge in [0.15, 0.2) is 11.0 Å². The van der Waals surface area contributed by atoms with Crippen LogP contribution in [0.3, 0.4) is 0 Å². The first kappa shape index (κ1) is 23.7. The Morgan fingerprint density at radius 3 is 2.29 bits per heavy atom. The largest absolute Gasteiger partial charge is 0.325 e. The van der Waals surface area contributed by atoms with E-state index in [1.807, 2.05) is 49.4 Å². The molecule has 7 heteroatoms. The van der Waals surface area contributed by atoms with Gasteiger partial charge in [0.1, 0.15) is 0 Å². The van der Waals surface area contributed by atoms with E-state index in [-0.39, 0.29) is 16.6 Å². The van der Waals surface area contributed by atoms with Gasteiger partial charge in [-0.15, -0.1) is 10.2 Å². The zero-order valence-corrected chi connectivity index (χ0v) is 20.7. The Morgan fingerprint density at radius 2 is 1.65 bits per heavy atom. The number of rotatable bonds is 7. The maximum absolute atomic E-state index is 12.9. The zero-order chi connectivity index (χ0) is 24.1. The summed E-state index contributed by atoms with van der Waals surface area (Å²) in [4.78, 5) is 17.1. The molecule has 34 heavy (non-hydrogen) atoms. The Hall–Kier alpha value is -3.45. The van der Waals surface area contributed by atoms with Crippen LogP contribution in [0.5, 0.6) is 0 Å². The van der Waals surface area contributed by atoms with Crippen molar-refractivity contribution in [2.24, 2.45) is 0 Å². The molecule has 0 aliphatic rings. The van der Waals surface area contributed by atoms with Crippen molar-refractivity contribution in [3.63, 3.8) is 0 Å². The summed E-state index contributed by atoms with van der Waals surface area (Å²) in [6.07, 6.45) is 3.48. The highest BCUT2D eigenvalue weighted by molar-refractivity contribution is 8.00. The van der Waals surface area contributed by atoms with Crippen molar-refractivity contribution in [2.75, 3.05) is 5.32 Å². The average Bonchev–Trinajstić information content (AvgIpc) is 3.22. The number of carbonyl (C=O) groups is 1. The fraction of sp³-hybridized carbons (Fsp3) is 0.259. The highest BCUT2D eigenvalue weighted by Gasteiger charge is 2.21. The minimum Gasteiger partial charge on any atom is -0.325 e. The number of benzene rings is 2. The number of amides is 1. The Labute approximate surface area is 204 Å². The van der Waals surface area contributed by atoms with Crippen LogP contribution in [0.4, 0.5) is 5.69 Å². The first-order valence-corrected chi connectivity index (χ1v) is 12.1. The van der Waals surface area contributed by atoms with Gasteiger partial charge in [-0.25, -0.2) is 0 Å². The standard InChI is InChI=1S/C27H29N5OS/c1-19(25(33)29-23-12-10-22(11-13-23)27(2,3)4)34-26-31-30-24(21-14-16-28-17-15-21)32(26)18-20-8-6-5-7-9-20/h5-17,19H,18H2,1-4H3,(H,29,33). The van der Waals surface area contributed by atoms with Crippen LogP contribution < -0.4 is 5.32 Å². The molecule has 0 radical (unpaired) electrons. The molecule has 174 valence electrons. The Kier molecular flexibility index (Phi) is 7.12. The molecule has 1 N–H and O–H groups in total. The minimum atomic E-state index is -0.355. The predicted molar refractivity (Wildman–Crippen MR) is 138 cm³/mol. The van der Waals surface area contributed by atoms with Gasteiger partial charge in [-0.2, -0.15) is 0 Å². The summed E-state index contributed by atoms with van der Waals surface area (Å²) >= 11 is 1.40. The molecule has 2 heterocycles. The molecule has 1 amide bonds. The lowest BCUT2D eigenvalue weighted by molar-refractivity contribution is -0.115. The molecule has 0 fully saturated rings. The molecule has 4 rings (SSSR count). The molecule has 1 atom stereocenters. The molecular formula is C27H29N5OS. The van der Waals surface area contributed by atoms with E-state index in [0.29, 0.717) is 11.7 Å². The highest BCUT2D eigenvalue weighted by Crippen LogP contribution is 2.29. The fourth-order valence-electron chi connectivity index (χ4n) is 3.51. The van der Waals surface area contributed by atoms with Gasteiger partial charge < -0.3 is 5.32 Å². The van der Waals surface area contributed by atoms with Crippen molar-refractivity contribution in [1.29, 1.82) is 0 Å². The number of aromatic nitrogens is 4. The summed E-state index contributed by atoms with van der Waals surface area (Å²) in [5.74, 6) is 0.673. The number of thioether (sulfide) groups is 1. The lowest BCUT2D eigenvalue weighted by Crippen LogP contribution is -2.23. The maximum atomic E-state index is 12.9. The van der Waals surface area contributed by atoms with Crippen LogP contribution in [-0.2, 0) is 16.8 Å². The Bertz CT molecular complexity index is 1230. The number of nitrogens with one attached hydrogen (secondary N) is 1. The van der Waals surface area contributed by atoms with E-state index in [4.69, 9.17) is 0 Å². The number of nitrogens with zero attached hydrogens (tertiary/aromatic N) is 4. The topological polar surface area (TPSA) is 72.7 Å². The second-order valence-corrected chi connectivity index (χ2v) is 10.5. The van der Waals surface area contributed by atoms with E-state index in [2.05, 4.69) is 70.1 Å². The van der Waals surface area contributed by atoms with Crippen molar-refractivity contribution < 1.29 is 4.79 Å². The van der Waals surface area contributed by atoms with Gasteiger partial charge in [-0.3, -0.25) is 14.3 Å². The summed E-state index contributed by atoms with van der Waals surface area (Å²) in [6.45, 7) is 9.01. The Balaban J connectivity index is 1.53. The zero-order valence-electron chi connectivity index (χ0n) is 19.9. The van der Waals surface area contributed by atoms with Gasteiger partial charge in [0.2, 0.25) is 5.91 Å². The Morgan fingerprint density at radius 1 is 0.971 bits per heavy atom. The highest BCUT2D eigenvalue weighted by atomic mass is 32.2. The van der Waals surface area contributed by atoms with Crippen LogP contribution in [0.15, 0.2) is 84.3 Å². The molecule has 0 aliphatic carbocycles. The lowest BCUT2D eigenvalue weighted by atomic mass is 9.87. The maximum Gasteiger partial charge on any atom is 0.237 e. The van der Waals surface area contributed by atoms with Crippen LogP contribution >= 0.6 is 11.8 Å². The average molecular weight is 472 g/mol. The van der Waals surface area contributed by atoms with Crippen molar-refractivity contribution in [3.8, 4) is 11.4 Å². The van der Waals surface area contributed by atoms with Gasteiger partial charge in [0.05, 0.1) is 11.8 Å². The summed E-state index contributed by atoms with van der Waals surface area (Å²) in [6, 6.07) is 22.0. The van der Waals surface area contributed by atoms with Crippen LogP contribution in [0.2, 0.25) is 0 Å². The van der Waals surface area contributed by atoms with Crippen molar-refractivity contribution in [2.45, 2.75) is 50.1 Å². The van der Waals surface area contributed by atoms with Gasteiger partial charge >= 0.3 is 0 Å². The van der Waals surface area contributed by atoms with Crippen LogP contribution in [-0.4, -0.2) is 30.9 Å². The van der Waals surface area contributed by atoms with Gasteiger partial charge in [-0.1, -0.05) is 75.0 Å². The van der Waals surface area contributed by atoms with Crippen molar-refractivity contribution in [3.05, 3.63) is 90.3 Å². The molecule has 1 unspecified atom stereocenters. The molecular weight excluding hydrogens is 442 g/mol. The molecule has 0 spiro atoms. The molecule has 0 saturated carbocycles. The number of hydrogen-bond donors (Lipinski definition) is 1. The van der Waals surface area contributed by atoms with E-state index in [9.17, 15) is 4.79 Å². The van der Waals surface area contributed by atoms with Gasteiger partial charge in [0.25, 0.3) is 0 Å². The second kappa shape index (κ2) is 10.2. The first-order chi connectivity index (χ1) is 16.3. The molecule has 6 nitrogen and oxygen atoms in total. The molecule has 2 aromatic heterocycles. The SMILES string of the molecule is CC(Sc1nnc(-c2ccncc2)n1Cc1ccccc1)C(=O)Nc1ccc(C(C)(C)C)cc1. The summed E-state index contributed by atoms with van der Waals surface area (Å²) in [7, 11) is 0. The quantitative estimate of drug-likeness (QED) is 0.345.